The fourth-order valence-corrected chi connectivity index (χ4v) is 3.97. The molecule has 0 spiro atoms. The van der Waals surface area contributed by atoms with Crippen molar-refractivity contribution in [2.45, 2.75) is 22.9 Å². The summed E-state index contributed by atoms with van der Waals surface area (Å²) < 4.78 is 5.34. The number of carbonyl (C=O) groups is 1. The van der Waals surface area contributed by atoms with E-state index in [1.807, 2.05) is 56.6 Å². The zero-order chi connectivity index (χ0) is 21.5. The van der Waals surface area contributed by atoms with E-state index < -0.39 is 0 Å². The number of ether oxygens (including phenoxy) is 1. The van der Waals surface area contributed by atoms with Crippen molar-refractivity contribution in [2.75, 3.05) is 27.7 Å². The molecule has 0 bridgehead atoms. The minimum atomic E-state index is -0.132. The first kappa shape index (κ1) is 21.9. The van der Waals surface area contributed by atoms with Gasteiger partial charge in [0.05, 0.1) is 18.7 Å². The average molecular weight is 422 g/mol. The van der Waals surface area contributed by atoms with Crippen LogP contribution < -0.4 is 10.1 Å². The van der Waals surface area contributed by atoms with Crippen LogP contribution in [0, 0.1) is 6.92 Å². The van der Waals surface area contributed by atoms with Gasteiger partial charge in [-0.15, -0.1) is 0 Å². The Kier molecular flexibility index (Phi) is 7.49. The highest BCUT2D eigenvalue weighted by atomic mass is 32.2. The molecule has 1 atom stereocenters. The van der Waals surface area contributed by atoms with Gasteiger partial charge >= 0.3 is 0 Å². The lowest BCUT2D eigenvalue weighted by molar-refractivity contribution is 0.0938. The predicted molar refractivity (Wildman–Crippen MR) is 121 cm³/mol. The maximum atomic E-state index is 13.0. The maximum absolute atomic E-state index is 13.0. The van der Waals surface area contributed by atoms with Gasteiger partial charge in [-0.3, -0.25) is 4.79 Å². The third-order valence-electron chi connectivity index (χ3n) is 4.81. The van der Waals surface area contributed by atoms with Gasteiger partial charge in [-0.05, 0) is 63.0 Å². The molecule has 0 saturated heterocycles. The molecule has 3 aromatic rings. The van der Waals surface area contributed by atoms with Crippen molar-refractivity contribution < 1.29 is 9.53 Å². The molecular formula is C24H27N3O2S. The Labute approximate surface area is 182 Å². The second-order valence-corrected chi connectivity index (χ2v) is 8.30. The normalized spacial score (nSPS) is 11.9. The summed E-state index contributed by atoms with van der Waals surface area (Å²) in [5.41, 5.74) is 2.86. The molecule has 30 heavy (non-hydrogen) atoms. The van der Waals surface area contributed by atoms with Crippen LogP contribution in [-0.2, 0) is 0 Å². The number of nitrogens with one attached hydrogen (secondary N) is 1. The van der Waals surface area contributed by atoms with Gasteiger partial charge in [0.15, 0.2) is 0 Å². The van der Waals surface area contributed by atoms with E-state index in [9.17, 15) is 4.79 Å². The van der Waals surface area contributed by atoms with E-state index in [2.05, 4.69) is 34.3 Å². The number of aryl methyl sites for hydroxylation is 1. The van der Waals surface area contributed by atoms with Crippen LogP contribution in [0.4, 0.5) is 0 Å². The topological polar surface area (TPSA) is 54.5 Å². The second-order valence-electron chi connectivity index (χ2n) is 7.24. The molecule has 0 radical (unpaired) electrons. The summed E-state index contributed by atoms with van der Waals surface area (Å²) in [5, 5.41) is 3.77. The summed E-state index contributed by atoms with van der Waals surface area (Å²) in [7, 11) is 5.65. The first-order valence-electron chi connectivity index (χ1n) is 9.76. The fraction of sp³-hybridized carbons (Fsp3) is 0.250. The summed E-state index contributed by atoms with van der Waals surface area (Å²) in [6, 6.07) is 19.7. The lowest BCUT2D eigenvalue weighted by atomic mass is 10.1. The average Bonchev–Trinajstić information content (AvgIpc) is 2.75. The molecule has 0 fully saturated rings. The number of rotatable bonds is 8. The van der Waals surface area contributed by atoms with Gasteiger partial charge in [-0.2, -0.15) is 0 Å². The van der Waals surface area contributed by atoms with Crippen LogP contribution in [0.25, 0.3) is 0 Å². The number of nitrogens with zero attached hydrogens (tertiary/aromatic N) is 2. The Hall–Kier alpha value is -2.83. The van der Waals surface area contributed by atoms with E-state index in [1.165, 1.54) is 17.3 Å². The smallest absolute Gasteiger partial charge is 0.254 e. The van der Waals surface area contributed by atoms with Crippen molar-refractivity contribution in [3.63, 3.8) is 0 Å². The van der Waals surface area contributed by atoms with Gasteiger partial charge in [0.25, 0.3) is 5.91 Å². The van der Waals surface area contributed by atoms with Crippen LogP contribution in [0.5, 0.6) is 5.75 Å². The maximum Gasteiger partial charge on any atom is 0.254 e. The number of hydrogen-bond acceptors (Lipinski definition) is 5. The Balaban J connectivity index is 1.74. The third-order valence-corrected chi connectivity index (χ3v) is 5.84. The molecule has 1 amide bonds. The molecule has 0 aliphatic heterocycles. The summed E-state index contributed by atoms with van der Waals surface area (Å²) in [6.45, 7) is 2.53. The van der Waals surface area contributed by atoms with Gasteiger partial charge in [-0.1, -0.05) is 41.6 Å². The predicted octanol–water partition coefficient (Wildman–Crippen LogP) is 4.58. The van der Waals surface area contributed by atoms with Crippen molar-refractivity contribution in [1.29, 1.82) is 0 Å². The zero-order valence-corrected chi connectivity index (χ0v) is 18.6. The monoisotopic (exact) mass is 421 g/mol. The molecule has 1 N–H and O–H groups in total. The van der Waals surface area contributed by atoms with E-state index in [0.717, 1.165) is 16.2 Å². The molecule has 1 heterocycles. The van der Waals surface area contributed by atoms with E-state index >= 15 is 0 Å². The van der Waals surface area contributed by atoms with E-state index in [0.29, 0.717) is 17.1 Å². The number of amides is 1. The van der Waals surface area contributed by atoms with Crippen LogP contribution in [0.15, 0.2) is 76.8 Å². The van der Waals surface area contributed by atoms with E-state index in [1.54, 1.807) is 19.4 Å². The highest BCUT2D eigenvalue weighted by molar-refractivity contribution is 7.99. The Morgan fingerprint density at radius 3 is 2.60 bits per heavy atom. The van der Waals surface area contributed by atoms with Crippen LogP contribution in [0.3, 0.4) is 0 Å². The highest BCUT2D eigenvalue weighted by Crippen LogP contribution is 2.29. The number of pyridine rings is 1. The number of likely N-dealkylation sites (N-methyl/N-ethyl adjacent to an activating group) is 1. The van der Waals surface area contributed by atoms with E-state index in [-0.39, 0.29) is 11.9 Å². The summed E-state index contributed by atoms with van der Waals surface area (Å²) >= 11 is 1.49. The Morgan fingerprint density at radius 2 is 1.90 bits per heavy atom. The van der Waals surface area contributed by atoms with Gasteiger partial charge in [-0.25, -0.2) is 4.98 Å². The van der Waals surface area contributed by atoms with Crippen molar-refractivity contribution in [2.24, 2.45) is 0 Å². The molecule has 0 aliphatic carbocycles. The standard InChI is InChI=1S/C24H27N3O2S/c1-17-10-12-20(13-11-17)30-24-21(9-6-14-25-24)23(28)26-16-22(27(2)3)18-7-5-8-19(15-18)29-4/h5-15,22H,16H2,1-4H3,(H,26,28)/t22-/m1/s1. The van der Waals surface area contributed by atoms with Crippen LogP contribution in [-0.4, -0.2) is 43.5 Å². The van der Waals surface area contributed by atoms with Gasteiger partial charge < -0.3 is 15.0 Å². The largest absolute Gasteiger partial charge is 0.497 e. The minimum absolute atomic E-state index is 0.0222. The molecule has 156 valence electrons. The molecule has 0 saturated carbocycles. The molecule has 0 aliphatic rings. The van der Waals surface area contributed by atoms with Gasteiger partial charge in [0.1, 0.15) is 10.8 Å². The molecular weight excluding hydrogens is 394 g/mol. The molecule has 6 heteroatoms. The lowest BCUT2D eigenvalue weighted by Gasteiger charge is -2.25. The summed E-state index contributed by atoms with van der Waals surface area (Å²) in [6.07, 6.45) is 1.71. The van der Waals surface area contributed by atoms with Crippen molar-refractivity contribution in [1.82, 2.24) is 15.2 Å². The van der Waals surface area contributed by atoms with Gasteiger partial charge in [0, 0.05) is 17.6 Å². The number of carbonyl (C=O) groups excluding carboxylic acids is 1. The third kappa shape index (κ3) is 5.62. The fourth-order valence-electron chi connectivity index (χ4n) is 3.09. The molecule has 3 rings (SSSR count). The highest BCUT2D eigenvalue weighted by Gasteiger charge is 2.18. The zero-order valence-electron chi connectivity index (χ0n) is 17.8. The Morgan fingerprint density at radius 1 is 1.13 bits per heavy atom. The quantitative estimate of drug-likeness (QED) is 0.577. The number of methoxy groups -OCH3 is 1. The molecule has 1 aromatic heterocycles. The van der Waals surface area contributed by atoms with Crippen LogP contribution in [0.2, 0.25) is 0 Å². The van der Waals surface area contributed by atoms with E-state index in [4.69, 9.17) is 4.74 Å². The number of aromatic nitrogens is 1. The first-order valence-corrected chi connectivity index (χ1v) is 10.6. The first-order chi connectivity index (χ1) is 14.5. The number of hydrogen-bond donors (Lipinski definition) is 1. The summed E-state index contributed by atoms with van der Waals surface area (Å²) in [4.78, 5) is 20.6. The van der Waals surface area contributed by atoms with Gasteiger partial charge in [0.2, 0.25) is 0 Å². The van der Waals surface area contributed by atoms with Crippen molar-refractivity contribution >= 4 is 17.7 Å². The SMILES string of the molecule is COc1cccc([C@@H](CNC(=O)c2cccnc2Sc2ccc(C)cc2)N(C)C)c1. The van der Waals surface area contributed by atoms with Crippen LogP contribution >= 0.6 is 11.8 Å². The molecule has 0 unspecified atom stereocenters. The molecule has 5 nitrogen and oxygen atoms in total. The summed E-state index contributed by atoms with van der Waals surface area (Å²) in [5.74, 6) is 0.669. The Bertz CT molecular complexity index is 990. The van der Waals surface area contributed by atoms with Crippen molar-refractivity contribution in [3.8, 4) is 5.75 Å². The van der Waals surface area contributed by atoms with Crippen LogP contribution in [0.1, 0.15) is 27.5 Å². The minimum Gasteiger partial charge on any atom is -0.497 e. The number of benzene rings is 2. The lowest BCUT2D eigenvalue weighted by Crippen LogP contribution is -2.34. The second kappa shape index (κ2) is 10.3. The van der Waals surface area contributed by atoms with Crippen molar-refractivity contribution in [3.05, 3.63) is 83.6 Å². The molecule has 2 aromatic carbocycles.